The predicted molar refractivity (Wildman–Crippen MR) is 52.3 cm³/mol. The van der Waals surface area contributed by atoms with Gasteiger partial charge in [0.1, 0.15) is 6.10 Å². The van der Waals surface area contributed by atoms with Crippen molar-refractivity contribution in [3.8, 4) is 0 Å². The standard InChI is InChI=1S/C11H20O2/c1-8(2)10-5-4-9(3)6-11(10)13-7-12/h7-11H,4-6H2,1-3H3. The number of hydrogen-bond donors (Lipinski definition) is 0. The summed E-state index contributed by atoms with van der Waals surface area (Å²) in [7, 11) is 0. The molecule has 0 saturated heterocycles. The summed E-state index contributed by atoms with van der Waals surface area (Å²) in [5.41, 5.74) is 0. The van der Waals surface area contributed by atoms with E-state index in [1.807, 2.05) is 0 Å². The average Bonchev–Trinajstić information content (AvgIpc) is 2.04. The van der Waals surface area contributed by atoms with Gasteiger partial charge in [-0.05, 0) is 30.6 Å². The third-order valence-corrected chi connectivity index (χ3v) is 3.19. The van der Waals surface area contributed by atoms with Crippen LogP contribution in [0.1, 0.15) is 40.0 Å². The summed E-state index contributed by atoms with van der Waals surface area (Å²) in [6, 6.07) is 0. The minimum absolute atomic E-state index is 0.168. The molecule has 13 heavy (non-hydrogen) atoms. The van der Waals surface area contributed by atoms with Crippen LogP contribution in [0.15, 0.2) is 0 Å². The quantitative estimate of drug-likeness (QED) is 0.630. The lowest BCUT2D eigenvalue weighted by Gasteiger charge is -2.35. The normalized spacial score (nSPS) is 34.6. The molecule has 0 bridgehead atoms. The Labute approximate surface area is 80.7 Å². The van der Waals surface area contributed by atoms with Crippen LogP contribution in [0.2, 0.25) is 0 Å². The molecule has 1 aliphatic rings. The highest BCUT2D eigenvalue weighted by Gasteiger charge is 2.31. The second-order valence-corrected chi connectivity index (χ2v) is 4.60. The summed E-state index contributed by atoms with van der Waals surface area (Å²) in [4.78, 5) is 10.3. The van der Waals surface area contributed by atoms with Crippen molar-refractivity contribution < 1.29 is 9.53 Å². The van der Waals surface area contributed by atoms with Crippen molar-refractivity contribution in [1.29, 1.82) is 0 Å². The maximum absolute atomic E-state index is 10.3. The molecule has 76 valence electrons. The maximum Gasteiger partial charge on any atom is 0.293 e. The first-order chi connectivity index (χ1) is 6.15. The van der Waals surface area contributed by atoms with E-state index < -0.39 is 0 Å². The van der Waals surface area contributed by atoms with Crippen molar-refractivity contribution in [3.05, 3.63) is 0 Å². The van der Waals surface area contributed by atoms with Crippen LogP contribution in [-0.2, 0) is 9.53 Å². The van der Waals surface area contributed by atoms with Gasteiger partial charge in [0.25, 0.3) is 6.47 Å². The monoisotopic (exact) mass is 184 g/mol. The number of carbonyl (C=O) groups is 1. The Kier molecular flexibility index (Phi) is 3.76. The van der Waals surface area contributed by atoms with Crippen LogP contribution in [0.5, 0.6) is 0 Å². The Morgan fingerprint density at radius 1 is 1.38 bits per heavy atom. The van der Waals surface area contributed by atoms with Gasteiger partial charge >= 0.3 is 0 Å². The fourth-order valence-corrected chi connectivity index (χ4v) is 2.34. The van der Waals surface area contributed by atoms with E-state index in [1.54, 1.807) is 0 Å². The smallest absolute Gasteiger partial charge is 0.293 e. The van der Waals surface area contributed by atoms with Crippen molar-refractivity contribution >= 4 is 6.47 Å². The molecule has 0 heterocycles. The van der Waals surface area contributed by atoms with E-state index in [-0.39, 0.29) is 6.10 Å². The molecule has 0 amide bonds. The van der Waals surface area contributed by atoms with E-state index in [0.29, 0.717) is 24.2 Å². The van der Waals surface area contributed by atoms with Crippen molar-refractivity contribution in [3.63, 3.8) is 0 Å². The van der Waals surface area contributed by atoms with Gasteiger partial charge in [0.15, 0.2) is 0 Å². The molecule has 1 aliphatic carbocycles. The lowest BCUT2D eigenvalue weighted by molar-refractivity contribution is -0.140. The van der Waals surface area contributed by atoms with Gasteiger partial charge in [0.2, 0.25) is 0 Å². The Hall–Kier alpha value is -0.530. The lowest BCUT2D eigenvalue weighted by Crippen LogP contribution is -2.33. The minimum atomic E-state index is 0.168. The van der Waals surface area contributed by atoms with Crippen molar-refractivity contribution in [1.82, 2.24) is 0 Å². The van der Waals surface area contributed by atoms with Gasteiger partial charge in [-0.15, -0.1) is 0 Å². The number of hydrogen-bond acceptors (Lipinski definition) is 2. The zero-order valence-corrected chi connectivity index (χ0v) is 8.82. The molecule has 0 radical (unpaired) electrons. The fourth-order valence-electron chi connectivity index (χ4n) is 2.34. The number of carbonyl (C=O) groups excluding carboxylic acids is 1. The third kappa shape index (κ3) is 2.71. The highest BCUT2D eigenvalue weighted by atomic mass is 16.5. The summed E-state index contributed by atoms with van der Waals surface area (Å²) in [5, 5.41) is 0. The highest BCUT2D eigenvalue weighted by Crippen LogP contribution is 2.34. The van der Waals surface area contributed by atoms with E-state index >= 15 is 0 Å². The van der Waals surface area contributed by atoms with Crippen LogP contribution >= 0.6 is 0 Å². The Morgan fingerprint density at radius 2 is 2.08 bits per heavy atom. The van der Waals surface area contributed by atoms with Crippen LogP contribution in [-0.4, -0.2) is 12.6 Å². The summed E-state index contributed by atoms with van der Waals surface area (Å²) >= 11 is 0. The summed E-state index contributed by atoms with van der Waals surface area (Å²) < 4.78 is 5.15. The van der Waals surface area contributed by atoms with E-state index in [1.165, 1.54) is 12.8 Å². The molecule has 1 rings (SSSR count). The van der Waals surface area contributed by atoms with E-state index in [2.05, 4.69) is 20.8 Å². The zero-order chi connectivity index (χ0) is 9.84. The Balaban J connectivity index is 2.54. The van der Waals surface area contributed by atoms with E-state index in [9.17, 15) is 4.79 Å². The van der Waals surface area contributed by atoms with Gasteiger partial charge < -0.3 is 4.74 Å². The molecule has 2 heteroatoms. The average molecular weight is 184 g/mol. The molecule has 1 fully saturated rings. The SMILES string of the molecule is CC1CCC(C(C)C)C(OC=O)C1. The molecule has 0 aliphatic heterocycles. The van der Waals surface area contributed by atoms with Gasteiger partial charge in [-0.25, -0.2) is 0 Å². The Bertz CT molecular complexity index is 165. The first-order valence-corrected chi connectivity index (χ1v) is 5.24. The molecular formula is C11H20O2. The molecule has 1 saturated carbocycles. The van der Waals surface area contributed by atoms with Gasteiger partial charge in [0.05, 0.1) is 0 Å². The van der Waals surface area contributed by atoms with Crippen LogP contribution in [0.4, 0.5) is 0 Å². The van der Waals surface area contributed by atoms with Crippen molar-refractivity contribution in [2.75, 3.05) is 0 Å². The minimum Gasteiger partial charge on any atom is -0.464 e. The maximum atomic E-state index is 10.3. The number of ether oxygens (including phenoxy) is 1. The fraction of sp³-hybridized carbons (Fsp3) is 0.909. The molecule has 2 nitrogen and oxygen atoms in total. The van der Waals surface area contributed by atoms with Gasteiger partial charge in [-0.3, -0.25) is 4.79 Å². The van der Waals surface area contributed by atoms with Crippen LogP contribution < -0.4 is 0 Å². The first-order valence-electron chi connectivity index (χ1n) is 5.24. The molecule has 0 N–H and O–H groups in total. The first kappa shape index (κ1) is 10.6. The largest absolute Gasteiger partial charge is 0.464 e. The van der Waals surface area contributed by atoms with E-state index in [0.717, 1.165) is 6.42 Å². The van der Waals surface area contributed by atoms with Crippen LogP contribution in [0.25, 0.3) is 0 Å². The Morgan fingerprint density at radius 3 is 2.62 bits per heavy atom. The lowest BCUT2D eigenvalue weighted by atomic mass is 9.75. The van der Waals surface area contributed by atoms with Gasteiger partial charge in [0, 0.05) is 0 Å². The van der Waals surface area contributed by atoms with Gasteiger partial charge in [-0.1, -0.05) is 27.2 Å². The topological polar surface area (TPSA) is 26.3 Å². The van der Waals surface area contributed by atoms with Crippen molar-refractivity contribution in [2.45, 2.75) is 46.1 Å². The third-order valence-electron chi connectivity index (χ3n) is 3.19. The molecule has 0 aromatic rings. The molecular weight excluding hydrogens is 164 g/mol. The number of rotatable bonds is 3. The molecule has 0 aromatic heterocycles. The zero-order valence-electron chi connectivity index (χ0n) is 8.82. The van der Waals surface area contributed by atoms with Crippen LogP contribution in [0.3, 0.4) is 0 Å². The summed E-state index contributed by atoms with van der Waals surface area (Å²) in [6.07, 6.45) is 3.70. The van der Waals surface area contributed by atoms with Crippen molar-refractivity contribution in [2.24, 2.45) is 17.8 Å². The second kappa shape index (κ2) is 4.64. The second-order valence-electron chi connectivity index (χ2n) is 4.60. The molecule has 0 spiro atoms. The van der Waals surface area contributed by atoms with Crippen LogP contribution in [0, 0.1) is 17.8 Å². The summed E-state index contributed by atoms with van der Waals surface area (Å²) in [5.74, 6) is 1.90. The molecule has 3 atom stereocenters. The predicted octanol–water partition coefficient (Wildman–Crippen LogP) is 2.62. The summed E-state index contributed by atoms with van der Waals surface area (Å²) in [6.45, 7) is 7.26. The van der Waals surface area contributed by atoms with E-state index in [4.69, 9.17) is 4.74 Å². The van der Waals surface area contributed by atoms with Gasteiger partial charge in [-0.2, -0.15) is 0 Å². The molecule has 0 aromatic carbocycles. The highest BCUT2D eigenvalue weighted by molar-refractivity contribution is 5.37. The molecule has 3 unspecified atom stereocenters.